The third-order valence-electron chi connectivity index (χ3n) is 2.78. The molecule has 0 unspecified atom stereocenters. The van der Waals surface area contributed by atoms with Crippen LogP contribution in [0.4, 0.5) is 0 Å². The van der Waals surface area contributed by atoms with Gasteiger partial charge in [-0.15, -0.1) is 0 Å². The van der Waals surface area contributed by atoms with Crippen molar-refractivity contribution in [3.63, 3.8) is 0 Å². The zero-order valence-corrected chi connectivity index (χ0v) is 12.6. The summed E-state index contributed by atoms with van der Waals surface area (Å²) < 4.78 is 11.6. The van der Waals surface area contributed by atoms with Gasteiger partial charge in [0.05, 0.1) is 5.60 Å². The van der Waals surface area contributed by atoms with Crippen molar-refractivity contribution in [1.82, 2.24) is 0 Å². The fourth-order valence-corrected chi connectivity index (χ4v) is 1.73. The predicted octanol–water partition coefficient (Wildman–Crippen LogP) is 3.46. The van der Waals surface area contributed by atoms with Crippen LogP contribution in [0.2, 0.25) is 0 Å². The summed E-state index contributed by atoms with van der Waals surface area (Å²) in [6, 6.07) is 7.31. The molecule has 0 aliphatic carbocycles. The first kappa shape index (κ1) is 15.3. The first-order valence-electron chi connectivity index (χ1n) is 5.86. The van der Waals surface area contributed by atoms with E-state index in [0.717, 1.165) is 10.9 Å². The number of benzene rings is 1. The average molecular weight is 315 g/mol. The van der Waals surface area contributed by atoms with Gasteiger partial charge in [-0.05, 0) is 32.4 Å². The van der Waals surface area contributed by atoms with Gasteiger partial charge in [-0.25, -0.2) is 0 Å². The summed E-state index contributed by atoms with van der Waals surface area (Å²) in [4.78, 5) is 11.8. The summed E-state index contributed by atoms with van der Waals surface area (Å²) in [7, 11) is 1.67. The number of carbonyl (C=O) groups excluding carboxylic acids is 1. The lowest BCUT2D eigenvalue weighted by Crippen LogP contribution is -2.25. The molecule has 0 atom stereocenters. The minimum absolute atomic E-state index is 0.00785. The van der Waals surface area contributed by atoms with Crippen LogP contribution in [-0.4, -0.2) is 31.7 Å². The molecule has 18 heavy (non-hydrogen) atoms. The van der Waals surface area contributed by atoms with Gasteiger partial charge in [-0.1, -0.05) is 28.1 Å². The van der Waals surface area contributed by atoms with E-state index < -0.39 is 0 Å². The van der Waals surface area contributed by atoms with Crippen LogP contribution in [0.5, 0.6) is 0 Å². The predicted molar refractivity (Wildman–Crippen MR) is 75.0 cm³/mol. The second-order valence-electron chi connectivity index (χ2n) is 4.70. The molecular formula is C14H19BrO3. The zero-order valence-electron chi connectivity index (χ0n) is 11.0. The van der Waals surface area contributed by atoms with E-state index in [1.165, 1.54) is 0 Å². The number of rotatable bonds is 7. The highest BCUT2D eigenvalue weighted by Crippen LogP contribution is 2.14. The molecular weight excluding hydrogens is 296 g/mol. The molecule has 0 aromatic heterocycles. The Kier molecular flexibility index (Phi) is 5.99. The van der Waals surface area contributed by atoms with Crippen molar-refractivity contribution < 1.29 is 14.3 Å². The van der Waals surface area contributed by atoms with Crippen molar-refractivity contribution in [2.24, 2.45) is 0 Å². The van der Waals surface area contributed by atoms with Gasteiger partial charge >= 0.3 is 0 Å². The van der Waals surface area contributed by atoms with Gasteiger partial charge in [0.2, 0.25) is 0 Å². The summed E-state index contributed by atoms with van der Waals surface area (Å²) in [6.45, 7) is 4.61. The van der Waals surface area contributed by atoms with Crippen molar-refractivity contribution in [3.05, 3.63) is 34.3 Å². The van der Waals surface area contributed by atoms with Gasteiger partial charge in [0.15, 0.2) is 5.78 Å². The van der Waals surface area contributed by atoms with E-state index in [9.17, 15) is 4.79 Å². The Morgan fingerprint density at radius 3 is 2.72 bits per heavy atom. The van der Waals surface area contributed by atoms with E-state index in [-0.39, 0.29) is 18.0 Å². The van der Waals surface area contributed by atoms with Crippen LogP contribution in [-0.2, 0) is 9.47 Å². The number of ketones is 1. The molecule has 1 rings (SSSR count). The van der Waals surface area contributed by atoms with Crippen LogP contribution >= 0.6 is 15.9 Å². The molecule has 4 heteroatoms. The van der Waals surface area contributed by atoms with Gasteiger partial charge in [0, 0.05) is 23.8 Å². The Bertz CT molecular complexity index is 402. The molecule has 0 bridgehead atoms. The lowest BCUT2D eigenvalue weighted by Gasteiger charge is -2.22. The van der Waals surface area contributed by atoms with Crippen LogP contribution in [0, 0.1) is 0 Å². The molecule has 0 heterocycles. The maximum atomic E-state index is 11.8. The molecule has 0 amide bonds. The maximum Gasteiger partial charge on any atom is 0.188 e. The van der Waals surface area contributed by atoms with Gasteiger partial charge in [0.1, 0.15) is 6.61 Å². The molecule has 1 aromatic rings. The summed E-state index contributed by atoms with van der Waals surface area (Å²) in [6.07, 6.45) is 0.759. The van der Waals surface area contributed by atoms with Crippen molar-refractivity contribution in [1.29, 1.82) is 0 Å². The molecule has 0 saturated heterocycles. The van der Waals surface area contributed by atoms with Crippen LogP contribution in [0.1, 0.15) is 30.6 Å². The smallest absolute Gasteiger partial charge is 0.188 e. The van der Waals surface area contributed by atoms with E-state index in [4.69, 9.17) is 9.47 Å². The van der Waals surface area contributed by atoms with E-state index >= 15 is 0 Å². The first-order chi connectivity index (χ1) is 8.44. The van der Waals surface area contributed by atoms with Crippen LogP contribution in [0.15, 0.2) is 28.7 Å². The number of Topliss-reactive ketones (excluding diaryl/α,β-unsaturated/α-hetero) is 1. The highest BCUT2D eigenvalue weighted by molar-refractivity contribution is 9.10. The molecule has 0 saturated carbocycles. The lowest BCUT2D eigenvalue weighted by molar-refractivity contribution is -0.00836. The minimum atomic E-state index is -0.210. The van der Waals surface area contributed by atoms with Crippen molar-refractivity contribution in [2.45, 2.75) is 25.9 Å². The lowest BCUT2D eigenvalue weighted by atomic mass is 10.1. The molecule has 100 valence electrons. The first-order valence-corrected chi connectivity index (χ1v) is 6.65. The summed E-state index contributed by atoms with van der Waals surface area (Å²) in [5, 5.41) is 0. The quantitative estimate of drug-likeness (QED) is 0.571. The van der Waals surface area contributed by atoms with Crippen molar-refractivity contribution in [2.75, 3.05) is 20.3 Å². The second kappa shape index (κ2) is 7.02. The van der Waals surface area contributed by atoms with Gasteiger partial charge in [0.25, 0.3) is 0 Å². The number of hydrogen-bond donors (Lipinski definition) is 0. The van der Waals surface area contributed by atoms with Crippen molar-refractivity contribution in [3.8, 4) is 0 Å². The molecule has 0 aliphatic heterocycles. The number of halogens is 1. The van der Waals surface area contributed by atoms with E-state index in [2.05, 4.69) is 15.9 Å². The summed E-state index contributed by atoms with van der Waals surface area (Å²) >= 11 is 3.34. The van der Waals surface area contributed by atoms with Crippen LogP contribution in [0.25, 0.3) is 0 Å². The van der Waals surface area contributed by atoms with Crippen LogP contribution in [0.3, 0.4) is 0 Å². The van der Waals surface area contributed by atoms with Gasteiger partial charge < -0.3 is 9.47 Å². The molecule has 3 nitrogen and oxygen atoms in total. The Morgan fingerprint density at radius 2 is 2.11 bits per heavy atom. The minimum Gasteiger partial charge on any atom is -0.379 e. The van der Waals surface area contributed by atoms with Crippen molar-refractivity contribution >= 4 is 21.7 Å². The highest BCUT2D eigenvalue weighted by atomic mass is 79.9. The monoisotopic (exact) mass is 314 g/mol. The average Bonchev–Trinajstić information content (AvgIpc) is 2.34. The Labute approximate surface area is 117 Å². The summed E-state index contributed by atoms with van der Waals surface area (Å²) in [5.74, 6) is -0.00785. The standard InChI is InChI=1S/C14H19BrO3/c1-14(2,17-3)7-8-18-10-13(16)11-5-4-6-12(15)9-11/h4-6,9H,7-8,10H2,1-3H3. The Morgan fingerprint density at radius 1 is 1.39 bits per heavy atom. The SMILES string of the molecule is COC(C)(C)CCOCC(=O)c1cccc(Br)c1. The number of ether oxygens (including phenoxy) is 2. The molecule has 0 aliphatic rings. The van der Waals surface area contributed by atoms with Crippen LogP contribution < -0.4 is 0 Å². The molecule has 1 aromatic carbocycles. The summed E-state index contributed by atoms with van der Waals surface area (Å²) in [5.41, 5.74) is 0.453. The Hall–Kier alpha value is -0.710. The van der Waals surface area contributed by atoms with Gasteiger partial charge in [-0.2, -0.15) is 0 Å². The third kappa shape index (κ3) is 5.29. The third-order valence-corrected chi connectivity index (χ3v) is 3.27. The number of carbonyl (C=O) groups is 1. The van der Waals surface area contributed by atoms with E-state index in [0.29, 0.717) is 12.2 Å². The highest BCUT2D eigenvalue weighted by Gasteiger charge is 2.16. The van der Waals surface area contributed by atoms with Gasteiger partial charge in [-0.3, -0.25) is 4.79 Å². The molecule has 0 N–H and O–H groups in total. The fraction of sp³-hybridized carbons (Fsp3) is 0.500. The maximum absolute atomic E-state index is 11.8. The normalized spacial score (nSPS) is 11.6. The van der Waals surface area contributed by atoms with E-state index in [1.54, 1.807) is 19.2 Å². The topological polar surface area (TPSA) is 35.5 Å². The molecule has 0 spiro atoms. The molecule has 0 radical (unpaired) electrons. The molecule has 0 fully saturated rings. The zero-order chi connectivity index (χ0) is 13.6. The fourth-order valence-electron chi connectivity index (χ4n) is 1.33. The van der Waals surface area contributed by atoms with E-state index in [1.807, 2.05) is 26.0 Å². The number of hydrogen-bond acceptors (Lipinski definition) is 3. The number of methoxy groups -OCH3 is 1. The largest absolute Gasteiger partial charge is 0.379 e. The second-order valence-corrected chi connectivity index (χ2v) is 5.62. The Balaban J connectivity index is 2.34.